The van der Waals surface area contributed by atoms with Crippen molar-refractivity contribution < 1.29 is 19.4 Å². The van der Waals surface area contributed by atoms with E-state index in [0.717, 1.165) is 11.1 Å². The van der Waals surface area contributed by atoms with Gasteiger partial charge < -0.3 is 9.84 Å². The first-order valence-electron chi connectivity index (χ1n) is 10.2. The molecule has 6 nitrogen and oxygen atoms in total. The van der Waals surface area contributed by atoms with Crippen LogP contribution in [0, 0.1) is 0 Å². The van der Waals surface area contributed by atoms with Crippen molar-refractivity contribution in [1.82, 2.24) is 4.90 Å². The lowest BCUT2D eigenvalue weighted by Gasteiger charge is -2.25. The molecule has 1 unspecified atom stereocenters. The van der Waals surface area contributed by atoms with Crippen LogP contribution in [0.25, 0.3) is 0 Å². The largest absolute Gasteiger partial charge is 0.497 e. The summed E-state index contributed by atoms with van der Waals surface area (Å²) >= 11 is 0. The van der Waals surface area contributed by atoms with E-state index in [0.29, 0.717) is 17.9 Å². The van der Waals surface area contributed by atoms with Crippen molar-refractivity contribution in [3.63, 3.8) is 0 Å². The molecule has 0 bridgehead atoms. The van der Waals surface area contributed by atoms with E-state index in [2.05, 4.69) is 0 Å². The molecule has 1 heterocycles. The number of hydrogen-bond donors (Lipinski definition) is 1. The Labute approximate surface area is 178 Å². The number of methoxy groups -OCH3 is 1. The number of imide groups is 1. The van der Waals surface area contributed by atoms with E-state index in [1.165, 1.54) is 4.90 Å². The van der Waals surface area contributed by atoms with Crippen LogP contribution in [0.1, 0.15) is 38.8 Å². The maximum Gasteiger partial charge on any atom is 0.332 e. The zero-order valence-electron chi connectivity index (χ0n) is 18.3. The van der Waals surface area contributed by atoms with Gasteiger partial charge in [0.1, 0.15) is 11.8 Å². The maximum absolute atomic E-state index is 13.2. The van der Waals surface area contributed by atoms with E-state index in [4.69, 9.17) is 4.74 Å². The van der Waals surface area contributed by atoms with E-state index >= 15 is 0 Å². The summed E-state index contributed by atoms with van der Waals surface area (Å²) in [7, 11) is 1.60. The predicted molar refractivity (Wildman–Crippen MR) is 117 cm³/mol. The number of hydrogen-bond acceptors (Lipinski definition) is 4. The smallest absolute Gasteiger partial charge is 0.332 e. The second kappa shape index (κ2) is 8.48. The molecule has 30 heavy (non-hydrogen) atoms. The highest BCUT2D eigenvalue weighted by Crippen LogP contribution is 2.32. The fourth-order valence-electron chi connectivity index (χ4n) is 3.75. The summed E-state index contributed by atoms with van der Waals surface area (Å²) in [6.07, 6.45) is 0.398. The SMILES string of the molecule is COc1cccc(CC2C(=O)N(C(C)C)C(=O)N2c2ccc(C(C)(C)CO)cc2)c1. The van der Waals surface area contributed by atoms with Crippen LogP contribution in [0.4, 0.5) is 10.5 Å². The van der Waals surface area contributed by atoms with Crippen LogP contribution < -0.4 is 9.64 Å². The van der Waals surface area contributed by atoms with Crippen molar-refractivity contribution in [2.45, 2.75) is 51.6 Å². The highest BCUT2D eigenvalue weighted by molar-refractivity contribution is 6.14. The van der Waals surface area contributed by atoms with Gasteiger partial charge in [0.2, 0.25) is 0 Å². The highest BCUT2D eigenvalue weighted by Gasteiger charge is 2.46. The fourth-order valence-corrected chi connectivity index (χ4v) is 3.75. The summed E-state index contributed by atoms with van der Waals surface area (Å²) in [5.41, 5.74) is 2.18. The Morgan fingerprint density at radius 3 is 2.33 bits per heavy atom. The number of benzene rings is 2. The van der Waals surface area contributed by atoms with Crippen molar-refractivity contribution in [1.29, 1.82) is 0 Å². The molecule has 1 aliphatic rings. The van der Waals surface area contributed by atoms with Gasteiger partial charge in [-0.15, -0.1) is 0 Å². The van der Waals surface area contributed by atoms with Gasteiger partial charge in [-0.1, -0.05) is 38.1 Å². The molecule has 3 rings (SSSR count). The van der Waals surface area contributed by atoms with Gasteiger partial charge in [0.05, 0.1) is 13.7 Å². The second-order valence-electron chi connectivity index (χ2n) is 8.61. The number of aliphatic hydroxyl groups excluding tert-OH is 1. The Bertz CT molecular complexity index is 921. The minimum absolute atomic E-state index is 0.0209. The molecule has 0 saturated carbocycles. The lowest BCUT2D eigenvalue weighted by molar-refractivity contribution is -0.128. The molecule has 1 atom stereocenters. The van der Waals surface area contributed by atoms with Crippen LogP contribution in [0.2, 0.25) is 0 Å². The normalized spacial score (nSPS) is 17.2. The maximum atomic E-state index is 13.2. The number of nitrogens with zero attached hydrogens (tertiary/aromatic N) is 2. The summed E-state index contributed by atoms with van der Waals surface area (Å²) in [6, 6.07) is 13.9. The second-order valence-corrected chi connectivity index (χ2v) is 8.61. The van der Waals surface area contributed by atoms with E-state index in [-0.39, 0.29) is 30.0 Å². The van der Waals surface area contributed by atoms with E-state index in [9.17, 15) is 14.7 Å². The Kier molecular flexibility index (Phi) is 6.17. The van der Waals surface area contributed by atoms with Gasteiger partial charge >= 0.3 is 6.03 Å². The topological polar surface area (TPSA) is 70.1 Å². The molecule has 0 radical (unpaired) electrons. The number of carbonyl (C=O) groups excluding carboxylic acids is 2. The number of rotatable bonds is 7. The quantitative estimate of drug-likeness (QED) is 0.706. The number of amides is 3. The molecule has 1 saturated heterocycles. The van der Waals surface area contributed by atoms with Crippen LogP contribution in [-0.4, -0.2) is 47.7 Å². The molecule has 1 aliphatic heterocycles. The van der Waals surface area contributed by atoms with Gasteiger partial charge in [0.25, 0.3) is 5.91 Å². The number of carbonyl (C=O) groups is 2. The van der Waals surface area contributed by atoms with Crippen LogP contribution in [0.3, 0.4) is 0 Å². The van der Waals surface area contributed by atoms with Gasteiger partial charge in [-0.05, 0) is 49.2 Å². The number of ether oxygens (including phenoxy) is 1. The summed E-state index contributed by atoms with van der Waals surface area (Å²) in [5, 5.41) is 9.62. The number of aliphatic hydroxyl groups is 1. The van der Waals surface area contributed by atoms with Gasteiger partial charge in [-0.2, -0.15) is 0 Å². The number of anilines is 1. The summed E-state index contributed by atoms with van der Waals surface area (Å²) in [5.74, 6) is 0.518. The monoisotopic (exact) mass is 410 g/mol. The van der Waals surface area contributed by atoms with Crippen LogP contribution in [0.5, 0.6) is 5.75 Å². The average Bonchev–Trinajstić information content (AvgIpc) is 2.97. The molecule has 2 aromatic rings. The third kappa shape index (κ3) is 4.05. The summed E-state index contributed by atoms with van der Waals surface area (Å²) < 4.78 is 5.30. The summed E-state index contributed by atoms with van der Waals surface area (Å²) in [6.45, 7) is 7.62. The number of urea groups is 1. The molecule has 1 fully saturated rings. The molecular formula is C24H30N2O4. The molecule has 3 amide bonds. The van der Waals surface area contributed by atoms with Crippen molar-refractivity contribution in [3.8, 4) is 5.75 Å². The van der Waals surface area contributed by atoms with Crippen molar-refractivity contribution in [3.05, 3.63) is 59.7 Å². The first kappa shape index (κ1) is 21.8. The van der Waals surface area contributed by atoms with Crippen LogP contribution in [0.15, 0.2) is 48.5 Å². The lowest BCUT2D eigenvalue weighted by Crippen LogP contribution is -2.38. The molecule has 0 aliphatic carbocycles. The highest BCUT2D eigenvalue weighted by atomic mass is 16.5. The van der Waals surface area contributed by atoms with E-state index in [1.54, 1.807) is 12.0 Å². The van der Waals surface area contributed by atoms with E-state index < -0.39 is 6.04 Å². The molecule has 0 aromatic heterocycles. The first-order valence-corrected chi connectivity index (χ1v) is 10.2. The van der Waals surface area contributed by atoms with Gasteiger partial charge in [0.15, 0.2) is 0 Å². The zero-order valence-corrected chi connectivity index (χ0v) is 18.3. The Morgan fingerprint density at radius 2 is 1.77 bits per heavy atom. The van der Waals surface area contributed by atoms with Crippen LogP contribution in [-0.2, 0) is 16.6 Å². The molecular weight excluding hydrogens is 380 g/mol. The van der Waals surface area contributed by atoms with E-state index in [1.807, 2.05) is 76.2 Å². The lowest BCUT2D eigenvalue weighted by atomic mass is 9.85. The minimum Gasteiger partial charge on any atom is -0.497 e. The van der Waals surface area contributed by atoms with Gasteiger partial charge in [0, 0.05) is 23.6 Å². The minimum atomic E-state index is -0.622. The standard InChI is InChI=1S/C24H30N2O4/c1-16(2)25-22(28)21(14-17-7-6-8-20(13-17)30-5)26(23(25)29)19-11-9-18(10-12-19)24(3,4)15-27/h6-13,16,21,27H,14-15H2,1-5H3. The van der Waals surface area contributed by atoms with Gasteiger partial charge in [-0.25, -0.2) is 4.79 Å². The molecule has 2 aromatic carbocycles. The molecule has 6 heteroatoms. The summed E-state index contributed by atoms with van der Waals surface area (Å²) in [4.78, 5) is 29.3. The Hall–Kier alpha value is -2.86. The third-order valence-corrected chi connectivity index (χ3v) is 5.65. The predicted octanol–water partition coefficient (Wildman–Crippen LogP) is 3.75. The molecule has 1 N–H and O–H groups in total. The van der Waals surface area contributed by atoms with Crippen molar-refractivity contribution in [2.75, 3.05) is 18.6 Å². The average molecular weight is 411 g/mol. The van der Waals surface area contributed by atoms with Crippen molar-refractivity contribution >= 4 is 17.6 Å². The first-order chi connectivity index (χ1) is 14.2. The fraction of sp³-hybridized carbons (Fsp3) is 0.417. The van der Waals surface area contributed by atoms with Gasteiger partial charge in [-0.3, -0.25) is 14.6 Å². The Morgan fingerprint density at radius 1 is 1.10 bits per heavy atom. The molecule has 0 spiro atoms. The molecule has 160 valence electrons. The van der Waals surface area contributed by atoms with Crippen molar-refractivity contribution in [2.24, 2.45) is 0 Å². The third-order valence-electron chi connectivity index (χ3n) is 5.65. The zero-order chi connectivity index (χ0) is 22.1. The Balaban J connectivity index is 1.98. The van der Waals surface area contributed by atoms with Crippen LogP contribution >= 0.6 is 0 Å².